The van der Waals surface area contributed by atoms with Crippen molar-refractivity contribution >= 4 is 17.0 Å². The van der Waals surface area contributed by atoms with Gasteiger partial charge in [0.2, 0.25) is 0 Å². The molecule has 208 valence electrons. The van der Waals surface area contributed by atoms with Crippen molar-refractivity contribution in [1.29, 1.82) is 0 Å². The third-order valence-corrected chi connectivity index (χ3v) is 7.68. The molecule has 0 saturated heterocycles. The highest BCUT2D eigenvalue weighted by atomic mass is 14.9. The maximum atomic E-state index is 5.11. The summed E-state index contributed by atoms with van der Waals surface area (Å²) in [4.78, 5) is 19.4. The SMILES string of the molecule is C=C(c1cccnc1)c1ccccc1N=C(C)c1ccc(-c2nc(-c3ccccc3)c(C)c(-c3ccccc3C)n2)cc1. The fourth-order valence-corrected chi connectivity index (χ4v) is 5.25. The first kappa shape index (κ1) is 27.7. The largest absolute Gasteiger partial charge is 0.264 e. The first-order chi connectivity index (χ1) is 21.0. The van der Waals surface area contributed by atoms with Crippen molar-refractivity contribution in [2.24, 2.45) is 4.99 Å². The molecule has 0 amide bonds. The Morgan fingerprint density at radius 1 is 0.651 bits per heavy atom. The van der Waals surface area contributed by atoms with Gasteiger partial charge in [0.1, 0.15) is 0 Å². The van der Waals surface area contributed by atoms with Gasteiger partial charge in [-0.25, -0.2) is 9.97 Å². The van der Waals surface area contributed by atoms with Crippen LogP contribution in [0.4, 0.5) is 5.69 Å². The van der Waals surface area contributed by atoms with Crippen molar-refractivity contribution in [3.8, 4) is 33.9 Å². The maximum Gasteiger partial charge on any atom is 0.160 e. The summed E-state index contributed by atoms with van der Waals surface area (Å²) in [7, 11) is 0. The molecule has 4 nitrogen and oxygen atoms in total. The van der Waals surface area contributed by atoms with Gasteiger partial charge in [-0.15, -0.1) is 0 Å². The van der Waals surface area contributed by atoms with Crippen LogP contribution in [0.1, 0.15) is 34.7 Å². The number of nitrogens with zero attached hydrogens (tertiary/aromatic N) is 4. The smallest absolute Gasteiger partial charge is 0.160 e. The Hall–Kier alpha value is -5.48. The molecule has 0 spiro atoms. The van der Waals surface area contributed by atoms with Crippen LogP contribution in [0.25, 0.3) is 39.5 Å². The van der Waals surface area contributed by atoms with Gasteiger partial charge in [0, 0.05) is 51.5 Å². The average Bonchev–Trinajstić information content (AvgIpc) is 3.06. The van der Waals surface area contributed by atoms with Gasteiger partial charge < -0.3 is 0 Å². The number of aromatic nitrogens is 3. The minimum Gasteiger partial charge on any atom is -0.264 e. The Balaban J connectivity index is 1.37. The first-order valence-electron chi connectivity index (χ1n) is 14.3. The van der Waals surface area contributed by atoms with Crippen LogP contribution in [0.5, 0.6) is 0 Å². The van der Waals surface area contributed by atoms with E-state index in [4.69, 9.17) is 15.0 Å². The zero-order chi connectivity index (χ0) is 29.8. The van der Waals surface area contributed by atoms with Crippen LogP contribution in [0.3, 0.4) is 0 Å². The van der Waals surface area contributed by atoms with Crippen molar-refractivity contribution in [2.45, 2.75) is 20.8 Å². The lowest BCUT2D eigenvalue weighted by Crippen LogP contribution is -2.01. The molecule has 0 atom stereocenters. The average molecular weight is 557 g/mol. The molecule has 2 aromatic heterocycles. The summed E-state index contributed by atoms with van der Waals surface area (Å²) < 4.78 is 0. The Morgan fingerprint density at radius 3 is 2.09 bits per heavy atom. The number of aliphatic imine (C=N–C) groups is 1. The first-order valence-corrected chi connectivity index (χ1v) is 14.3. The van der Waals surface area contributed by atoms with E-state index in [1.807, 2.05) is 61.7 Å². The number of benzene rings is 4. The number of rotatable bonds is 7. The monoisotopic (exact) mass is 556 g/mol. The Labute approximate surface area is 253 Å². The zero-order valence-corrected chi connectivity index (χ0v) is 24.6. The van der Waals surface area contributed by atoms with Crippen molar-refractivity contribution < 1.29 is 0 Å². The topological polar surface area (TPSA) is 51.0 Å². The summed E-state index contributed by atoms with van der Waals surface area (Å²) in [6.07, 6.45) is 3.59. The van der Waals surface area contributed by atoms with E-state index in [1.165, 1.54) is 5.56 Å². The summed E-state index contributed by atoms with van der Waals surface area (Å²) in [6.45, 7) is 10.6. The van der Waals surface area contributed by atoms with Gasteiger partial charge in [0.05, 0.1) is 17.1 Å². The second kappa shape index (κ2) is 12.2. The van der Waals surface area contributed by atoms with Crippen LogP contribution >= 0.6 is 0 Å². The second-order valence-corrected chi connectivity index (χ2v) is 10.6. The van der Waals surface area contributed by atoms with Gasteiger partial charge in [-0.2, -0.15) is 0 Å². The Morgan fingerprint density at radius 2 is 1.35 bits per heavy atom. The van der Waals surface area contributed by atoms with Crippen molar-refractivity contribution in [3.05, 3.63) is 162 Å². The molecule has 0 radical (unpaired) electrons. The number of aryl methyl sites for hydroxylation is 1. The molecule has 6 rings (SSSR count). The van der Waals surface area contributed by atoms with Gasteiger partial charge >= 0.3 is 0 Å². The minimum atomic E-state index is 0.696. The quantitative estimate of drug-likeness (QED) is 0.184. The predicted molar refractivity (Wildman–Crippen MR) is 178 cm³/mol. The maximum absolute atomic E-state index is 5.11. The third-order valence-electron chi connectivity index (χ3n) is 7.68. The fourth-order valence-electron chi connectivity index (χ4n) is 5.25. The molecule has 0 aliphatic rings. The van der Waals surface area contributed by atoms with Crippen molar-refractivity contribution in [2.75, 3.05) is 0 Å². The van der Waals surface area contributed by atoms with E-state index < -0.39 is 0 Å². The molecule has 0 saturated carbocycles. The van der Waals surface area contributed by atoms with Crippen molar-refractivity contribution in [3.63, 3.8) is 0 Å². The lowest BCUT2D eigenvalue weighted by atomic mass is 9.97. The molecular formula is C39H32N4. The lowest BCUT2D eigenvalue weighted by Gasteiger charge is -2.15. The summed E-state index contributed by atoms with van der Waals surface area (Å²) in [5.41, 5.74) is 12.9. The number of pyridine rings is 1. The van der Waals surface area contributed by atoms with E-state index in [0.29, 0.717) is 5.82 Å². The molecule has 0 bridgehead atoms. The molecule has 0 unspecified atom stereocenters. The predicted octanol–water partition coefficient (Wildman–Crippen LogP) is 9.69. The number of hydrogen-bond donors (Lipinski definition) is 0. The number of para-hydroxylation sites is 1. The van der Waals surface area contributed by atoms with E-state index in [0.717, 1.165) is 67.3 Å². The van der Waals surface area contributed by atoms with E-state index in [1.54, 1.807) is 6.20 Å². The molecule has 2 heterocycles. The molecule has 4 heteroatoms. The summed E-state index contributed by atoms with van der Waals surface area (Å²) in [5, 5.41) is 0. The van der Waals surface area contributed by atoms with Crippen LogP contribution < -0.4 is 0 Å². The summed E-state index contributed by atoms with van der Waals surface area (Å²) in [5.74, 6) is 0.696. The van der Waals surface area contributed by atoms with Gasteiger partial charge in [0.15, 0.2) is 5.82 Å². The molecule has 43 heavy (non-hydrogen) atoms. The minimum absolute atomic E-state index is 0.696. The molecule has 0 aliphatic heterocycles. The van der Waals surface area contributed by atoms with Gasteiger partial charge in [-0.3, -0.25) is 9.98 Å². The second-order valence-electron chi connectivity index (χ2n) is 10.6. The van der Waals surface area contributed by atoms with Gasteiger partial charge in [0.25, 0.3) is 0 Å². The highest BCUT2D eigenvalue weighted by molar-refractivity contribution is 6.01. The van der Waals surface area contributed by atoms with Crippen LogP contribution in [0, 0.1) is 13.8 Å². The van der Waals surface area contributed by atoms with Crippen molar-refractivity contribution in [1.82, 2.24) is 15.0 Å². The van der Waals surface area contributed by atoms with Crippen LogP contribution in [-0.4, -0.2) is 20.7 Å². The van der Waals surface area contributed by atoms with Crippen LogP contribution in [0.15, 0.2) is 139 Å². The Bertz CT molecular complexity index is 1940. The fraction of sp³-hybridized carbons (Fsp3) is 0.0769. The molecule has 4 aromatic carbocycles. The van der Waals surface area contributed by atoms with Gasteiger partial charge in [-0.1, -0.05) is 110 Å². The molecule has 6 aromatic rings. The third kappa shape index (κ3) is 5.81. The molecule has 0 N–H and O–H groups in total. The molecule has 0 aliphatic carbocycles. The highest BCUT2D eigenvalue weighted by Crippen LogP contribution is 2.34. The summed E-state index contributed by atoms with van der Waals surface area (Å²) >= 11 is 0. The number of hydrogen-bond acceptors (Lipinski definition) is 4. The van der Waals surface area contributed by atoms with Crippen LogP contribution in [0.2, 0.25) is 0 Å². The zero-order valence-electron chi connectivity index (χ0n) is 24.6. The Kier molecular flexibility index (Phi) is 7.84. The van der Waals surface area contributed by atoms with E-state index in [-0.39, 0.29) is 0 Å². The van der Waals surface area contributed by atoms with E-state index >= 15 is 0 Å². The highest BCUT2D eigenvalue weighted by Gasteiger charge is 2.17. The summed E-state index contributed by atoms with van der Waals surface area (Å²) in [6, 6.07) is 39.1. The standard InChI is InChI=1S/C39H32N4/c1-26-13-8-9-17-34(26)38-28(3)37(31-14-6-5-7-15-31)42-39(43-38)32-22-20-30(21-23-32)29(4)41-36-19-11-10-18-35(36)27(2)33-16-12-24-40-25-33/h5-25H,2H2,1,3-4H3. The van der Waals surface area contributed by atoms with Crippen LogP contribution in [-0.2, 0) is 0 Å². The van der Waals surface area contributed by atoms with E-state index in [9.17, 15) is 0 Å². The molecular weight excluding hydrogens is 524 g/mol. The molecule has 0 fully saturated rings. The lowest BCUT2D eigenvalue weighted by molar-refractivity contribution is 1.14. The normalized spacial score (nSPS) is 11.4. The van der Waals surface area contributed by atoms with E-state index in [2.05, 4.69) is 92.1 Å². The van der Waals surface area contributed by atoms with Gasteiger partial charge in [-0.05, 0) is 49.6 Å².